The van der Waals surface area contributed by atoms with E-state index >= 15 is 0 Å². The van der Waals surface area contributed by atoms with Gasteiger partial charge in [0, 0.05) is 23.5 Å². The molecule has 0 heterocycles. The molecular weight excluding hydrogens is 314 g/mol. The molecule has 1 amide bonds. The van der Waals surface area contributed by atoms with Crippen molar-refractivity contribution in [2.45, 2.75) is 52.0 Å². The highest BCUT2D eigenvalue weighted by Crippen LogP contribution is 2.24. The summed E-state index contributed by atoms with van der Waals surface area (Å²) in [5.74, 6) is 0.194. The zero-order valence-corrected chi connectivity index (χ0v) is 14.1. The minimum atomic E-state index is 0.194. The molecule has 0 spiro atoms. The first-order valence-corrected chi connectivity index (χ1v) is 8.70. The van der Waals surface area contributed by atoms with Gasteiger partial charge in [-0.1, -0.05) is 41.3 Å². The first kappa shape index (κ1) is 15.6. The molecule has 0 saturated heterocycles. The first-order chi connectivity index (χ1) is 9.63. The van der Waals surface area contributed by atoms with E-state index in [4.69, 9.17) is 0 Å². The van der Waals surface area contributed by atoms with Crippen LogP contribution in [0.1, 0.15) is 53.6 Å². The van der Waals surface area contributed by atoms with Crippen molar-refractivity contribution in [3.8, 4) is 0 Å². The third-order valence-corrected chi connectivity index (χ3v) is 4.71. The fraction of sp³-hybridized carbons (Fsp3) is 0.588. The molecule has 0 radical (unpaired) electrons. The molecule has 3 heteroatoms. The highest BCUT2D eigenvalue weighted by Gasteiger charge is 2.25. The lowest BCUT2D eigenvalue weighted by atomic mass is 9.93. The second-order valence-corrected chi connectivity index (χ2v) is 6.57. The highest BCUT2D eigenvalue weighted by molar-refractivity contribution is 9.09. The van der Waals surface area contributed by atoms with Crippen molar-refractivity contribution in [1.82, 2.24) is 4.90 Å². The number of nitrogens with zero attached hydrogens (tertiary/aromatic N) is 1. The average Bonchev–Trinajstić information content (AvgIpc) is 2.48. The van der Waals surface area contributed by atoms with E-state index in [0.717, 1.165) is 30.3 Å². The molecule has 2 rings (SSSR count). The number of rotatable bonds is 4. The highest BCUT2D eigenvalue weighted by atomic mass is 79.9. The van der Waals surface area contributed by atoms with Gasteiger partial charge in [-0.05, 0) is 49.9 Å². The van der Waals surface area contributed by atoms with E-state index in [2.05, 4.69) is 40.7 Å². The summed E-state index contributed by atoms with van der Waals surface area (Å²) < 4.78 is 0. The maximum absolute atomic E-state index is 12.8. The Morgan fingerprint density at radius 3 is 2.50 bits per heavy atom. The maximum Gasteiger partial charge on any atom is 0.254 e. The quantitative estimate of drug-likeness (QED) is 0.742. The minimum absolute atomic E-state index is 0.194. The fourth-order valence-electron chi connectivity index (χ4n) is 2.97. The normalized spacial score (nSPS) is 16.1. The van der Waals surface area contributed by atoms with Crippen LogP contribution in [0.25, 0.3) is 0 Å². The van der Waals surface area contributed by atoms with Gasteiger partial charge in [0.25, 0.3) is 5.91 Å². The van der Waals surface area contributed by atoms with Crippen molar-refractivity contribution in [3.05, 3.63) is 34.9 Å². The van der Waals surface area contributed by atoms with Gasteiger partial charge in [-0.2, -0.15) is 0 Å². The second-order valence-electron chi connectivity index (χ2n) is 5.78. The van der Waals surface area contributed by atoms with Gasteiger partial charge < -0.3 is 4.90 Å². The summed E-state index contributed by atoms with van der Waals surface area (Å²) in [7, 11) is 0. The smallest absolute Gasteiger partial charge is 0.254 e. The van der Waals surface area contributed by atoms with E-state index in [1.54, 1.807) is 0 Å². The lowest BCUT2D eigenvalue weighted by Gasteiger charge is -2.34. The summed E-state index contributed by atoms with van der Waals surface area (Å²) in [6, 6.07) is 6.47. The average molecular weight is 338 g/mol. The van der Waals surface area contributed by atoms with Crippen LogP contribution < -0.4 is 0 Å². The fourth-order valence-corrected chi connectivity index (χ4v) is 3.36. The van der Waals surface area contributed by atoms with E-state index in [1.165, 1.54) is 30.4 Å². The SMILES string of the molecule is Cc1ccc(C(=O)N(CCBr)C2CCCCC2)cc1C. The molecule has 1 aromatic carbocycles. The third-order valence-electron chi connectivity index (χ3n) is 4.36. The Morgan fingerprint density at radius 2 is 1.90 bits per heavy atom. The number of hydrogen-bond acceptors (Lipinski definition) is 1. The molecule has 1 aliphatic rings. The maximum atomic E-state index is 12.8. The van der Waals surface area contributed by atoms with Gasteiger partial charge in [-0.25, -0.2) is 0 Å². The Morgan fingerprint density at radius 1 is 1.20 bits per heavy atom. The van der Waals surface area contributed by atoms with Gasteiger partial charge in [0.2, 0.25) is 0 Å². The van der Waals surface area contributed by atoms with Crippen LogP contribution in [0.15, 0.2) is 18.2 Å². The summed E-state index contributed by atoms with van der Waals surface area (Å²) in [6.07, 6.45) is 6.14. The largest absolute Gasteiger partial charge is 0.335 e. The van der Waals surface area contributed by atoms with E-state index in [9.17, 15) is 4.79 Å². The number of halogens is 1. The molecule has 0 atom stereocenters. The Hall–Kier alpha value is -0.830. The van der Waals surface area contributed by atoms with E-state index in [0.29, 0.717) is 6.04 Å². The van der Waals surface area contributed by atoms with Crippen LogP contribution in [0.2, 0.25) is 0 Å². The molecule has 2 nitrogen and oxygen atoms in total. The van der Waals surface area contributed by atoms with Crippen LogP contribution in [0.3, 0.4) is 0 Å². The van der Waals surface area contributed by atoms with Crippen LogP contribution in [0.5, 0.6) is 0 Å². The molecule has 1 saturated carbocycles. The van der Waals surface area contributed by atoms with Gasteiger partial charge in [0.05, 0.1) is 0 Å². The molecule has 20 heavy (non-hydrogen) atoms. The minimum Gasteiger partial charge on any atom is -0.335 e. The van der Waals surface area contributed by atoms with Crippen LogP contribution in [-0.4, -0.2) is 28.7 Å². The molecular formula is C17H24BrNO. The standard InChI is InChI=1S/C17H24BrNO/c1-13-8-9-15(12-14(13)2)17(20)19(11-10-18)16-6-4-3-5-7-16/h8-9,12,16H,3-7,10-11H2,1-2H3. The zero-order chi connectivity index (χ0) is 14.5. The summed E-state index contributed by atoms with van der Waals surface area (Å²) in [4.78, 5) is 14.9. The van der Waals surface area contributed by atoms with E-state index < -0.39 is 0 Å². The van der Waals surface area contributed by atoms with Gasteiger partial charge in [-0.3, -0.25) is 4.79 Å². The molecule has 1 aromatic rings. The molecule has 0 N–H and O–H groups in total. The topological polar surface area (TPSA) is 20.3 Å². The van der Waals surface area contributed by atoms with Crippen LogP contribution in [0, 0.1) is 13.8 Å². The Balaban J connectivity index is 2.18. The molecule has 0 aromatic heterocycles. The Labute approximate surface area is 130 Å². The Bertz CT molecular complexity index is 466. The van der Waals surface area contributed by atoms with Crippen molar-refractivity contribution >= 4 is 21.8 Å². The second kappa shape index (κ2) is 7.26. The number of carbonyl (C=O) groups is 1. The van der Waals surface area contributed by atoms with Crippen molar-refractivity contribution < 1.29 is 4.79 Å². The molecule has 110 valence electrons. The predicted octanol–water partition coefficient (Wildman–Crippen LogP) is 4.47. The predicted molar refractivity (Wildman–Crippen MR) is 87.6 cm³/mol. The number of amides is 1. The van der Waals surface area contributed by atoms with Gasteiger partial charge in [-0.15, -0.1) is 0 Å². The van der Waals surface area contributed by atoms with Gasteiger partial charge in [0.1, 0.15) is 0 Å². The van der Waals surface area contributed by atoms with Crippen LogP contribution in [-0.2, 0) is 0 Å². The molecule has 1 fully saturated rings. The molecule has 0 bridgehead atoms. The number of aryl methyl sites for hydroxylation is 2. The molecule has 1 aliphatic carbocycles. The summed E-state index contributed by atoms with van der Waals surface area (Å²) in [5, 5.41) is 0.847. The number of alkyl halides is 1. The lowest BCUT2D eigenvalue weighted by Crippen LogP contribution is -2.42. The van der Waals surface area contributed by atoms with Gasteiger partial charge >= 0.3 is 0 Å². The third kappa shape index (κ3) is 3.63. The summed E-state index contributed by atoms with van der Waals surface area (Å²) in [5.41, 5.74) is 3.27. The number of carbonyl (C=O) groups excluding carboxylic acids is 1. The van der Waals surface area contributed by atoms with E-state index in [-0.39, 0.29) is 5.91 Å². The lowest BCUT2D eigenvalue weighted by molar-refractivity contribution is 0.0651. The molecule has 0 aliphatic heterocycles. The number of benzene rings is 1. The van der Waals surface area contributed by atoms with Crippen molar-refractivity contribution in [2.75, 3.05) is 11.9 Å². The monoisotopic (exact) mass is 337 g/mol. The Kier molecular flexibility index (Phi) is 5.64. The molecule has 0 unspecified atom stereocenters. The number of hydrogen-bond donors (Lipinski definition) is 0. The van der Waals surface area contributed by atoms with E-state index in [1.807, 2.05) is 12.1 Å². The van der Waals surface area contributed by atoms with Crippen molar-refractivity contribution in [1.29, 1.82) is 0 Å². The summed E-state index contributed by atoms with van der Waals surface area (Å²) in [6.45, 7) is 4.96. The van der Waals surface area contributed by atoms with Crippen molar-refractivity contribution in [2.24, 2.45) is 0 Å². The zero-order valence-electron chi connectivity index (χ0n) is 12.5. The van der Waals surface area contributed by atoms with Crippen LogP contribution in [0.4, 0.5) is 0 Å². The van der Waals surface area contributed by atoms with Crippen molar-refractivity contribution in [3.63, 3.8) is 0 Å². The van der Waals surface area contributed by atoms with Crippen LogP contribution >= 0.6 is 15.9 Å². The van der Waals surface area contributed by atoms with Gasteiger partial charge in [0.15, 0.2) is 0 Å². The summed E-state index contributed by atoms with van der Waals surface area (Å²) >= 11 is 3.49. The first-order valence-electron chi connectivity index (χ1n) is 7.57.